The van der Waals surface area contributed by atoms with E-state index in [1.807, 2.05) is 10.8 Å². The van der Waals surface area contributed by atoms with E-state index < -0.39 is 0 Å². The molecule has 0 unspecified atom stereocenters. The van der Waals surface area contributed by atoms with Crippen LogP contribution in [-0.4, -0.2) is 35.8 Å². The Hall–Kier alpha value is -1.36. The number of fused-ring (bicyclic) bond motifs is 1. The summed E-state index contributed by atoms with van der Waals surface area (Å²) in [6, 6.07) is 2.24. The van der Waals surface area contributed by atoms with Gasteiger partial charge in [0, 0.05) is 36.5 Å². The topological polar surface area (TPSA) is 49.4 Å². The molecular weight excluding hydrogens is 308 g/mol. The molecule has 1 saturated heterocycles. The van der Waals surface area contributed by atoms with E-state index >= 15 is 0 Å². The lowest BCUT2D eigenvalue weighted by atomic mass is 9.72. The summed E-state index contributed by atoms with van der Waals surface area (Å²) in [5.41, 5.74) is 0.682. The number of amides is 2. The molecule has 2 fully saturated rings. The number of nitrogens with zero attached hydrogens (tertiary/aromatic N) is 1. The van der Waals surface area contributed by atoms with Gasteiger partial charge >= 0.3 is 0 Å². The third kappa shape index (κ3) is 3.77. The maximum absolute atomic E-state index is 12.6. The van der Waals surface area contributed by atoms with Gasteiger partial charge in [-0.05, 0) is 42.5 Å². The highest BCUT2D eigenvalue weighted by molar-refractivity contribution is 7.08. The average Bonchev–Trinajstić information content (AvgIpc) is 3.10. The number of carbonyl (C=O) groups excluding carboxylic acids is 2. The summed E-state index contributed by atoms with van der Waals surface area (Å²) in [4.78, 5) is 26.6. The molecule has 5 heteroatoms. The number of thiophene rings is 1. The Balaban J connectivity index is 1.50. The van der Waals surface area contributed by atoms with Gasteiger partial charge in [0.15, 0.2) is 0 Å². The van der Waals surface area contributed by atoms with Gasteiger partial charge in [0.25, 0.3) is 5.91 Å². The van der Waals surface area contributed by atoms with Crippen molar-refractivity contribution in [3.63, 3.8) is 0 Å². The van der Waals surface area contributed by atoms with Crippen LogP contribution in [0.1, 0.15) is 55.8 Å². The van der Waals surface area contributed by atoms with Crippen LogP contribution in [0.15, 0.2) is 16.8 Å². The van der Waals surface area contributed by atoms with Crippen LogP contribution in [0.3, 0.4) is 0 Å². The van der Waals surface area contributed by atoms with E-state index in [9.17, 15) is 9.59 Å². The van der Waals surface area contributed by atoms with Crippen LogP contribution in [0.25, 0.3) is 0 Å². The molecule has 126 valence electrons. The number of likely N-dealkylation sites (tertiary alicyclic amines) is 1. The molecule has 1 N–H and O–H groups in total. The molecule has 3 rings (SSSR count). The van der Waals surface area contributed by atoms with Gasteiger partial charge in [-0.2, -0.15) is 11.3 Å². The molecule has 2 amide bonds. The second-order valence-corrected chi connectivity index (χ2v) is 7.67. The molecule has 4 nitrogen and oxygen atoms in total. The van der Waals surface area contributed by atoms with Gasteiger partial charge in [-0.25, -0.2) is 0 Å². The maximum atomic E-state index is 12.6. The number of piperidine rings is 1. The minimum Gasteiger partial charge on any atom is -0.351 e. The van der Waals surface area contributed by atoms with Crippen LogP contribution in [0.2, 0.25) is 0 Å². The predicted octanol–water partition coefficient (Wildman–Crippen LogP) is 3.30. The molecule has 2 heterocycles. The van der Waals surface area contributed by atoms with Crippen molar-refractivity contribution in [2.45, 2.75) is 51.5 Å². The molecule has 0 bridgehead atoms. The molecule has 23 heavy (non-hydrogen) atoms. The molecule has 1 aromatic heterocycles. The fourth-order valence-corrected chi connectivity index (χ4v) is 4.78. The van der Waals surface area contributed by atoms with Gasteiger partial charge in [0.1, 0.15) is 0 Å². The van der Waals surface area contributed by atoms with Crippen molar-refractivity contribution >= 4 is 23.2 Å². The van der Waals surface area contributed by atoms with Crippen molar-refractivity contribution in [1.29, 1.82) is 0 Å². The first-order valence-corrected chi connectivity index (χ1v) is 9.71. The van der Waals surface area contributed by atoms with E-state index in [0.29, 0.717) is 30.5 Å². The molecule has 1 aliphatic heterocycles. The van der Waals surface area contributed by atoms with Crippen molar-refractivity contribution in [2.24, 2.45) is 11.8 Å². The smallest absolute Gasteiger partial charge is 0.252 e. The number of nitrogens with one attached hydrogen (secondary N) is 1. The summed E-state index contributed by atoms with van der Waals surface area (Å²) in [6.07, 6.45) is 6.50. The Morgan fingerprint density at radius 3 is 2.91 bits per heavy atom. The Labute approximate surface area is 142 Å². The van der Waals surface area contributed by atoms with Gasteiger partial charge in [0.05, 0.1) is 0 Å². The molecular formula is C18H26N2O2S. The first-order valence-electron chi connectivity index (χ1n) is 8.76. The molecule has 0 aromatic carbocycles. The zero-order chi connectivity index (χ0) is 16.2. The molecule has 1 saturated carbocycles. The summed E-state index contributed by atoms with van der Waals surface area (Å²) >= 11 is 1.51. The monoisotopic (exact) mass is 334 g/mol. The minimum atomic E-state index is -0.0816. The van der Waals surface area contributed by atoms with Crippen molar-refractivity contribution in [3.05, 3.63) is 22.4 Å². The van der Waals surface area contributed by atoms with Crippen LogP contribution < -0.4 is 5.32 Å². The lowest BCUT2D eigenvalue weighted by Crippen LogP contribution is -2.52. The van der Waals surface area contributed by atoms with Crippen molar-refractivity contribution in [2.75, 3.05) is 13.1 Å². The van der Waals surface area contributed by atoms with Crippen molar-refractivity contribution < 1.29 is 9.59 Å². The van der Waals surface area contributed by atoms with Gasteiger partial charge in [-0.1, -0.05) is 19.8 Å². The predicted molar refractivity (Wildman–Crippen MR) is 92.5 cm³/mol. The first-order chi connectivity index (χ1) is 11.2. The standard InChI is InChI=1S/C18H26N2O2S/c1-13-7-10-20(16-5-3-2-4-15(13)16)17(21)6-9-19-18(22)14-8-11-23-12-14/h8,11-13,15-16H,2-7,9-10H2,1H3,(H,19,22)/t13-,15+,16-/m1/s1. The van der Waals surface area contributed by atoms with E-state index in [1.165, 1.54) is 30.6 Å². The summed E-state index contributed by atoms with van der Waals surface area (Å²) in [5.74, 6) is 1.55. The molecule has 3 atom stereocenters. The highest BCUT2D eigenvalue weighted by atomic mass is 32.1. The highest BCUT2D eigenvalue weighted by Gasteiger charge is 2.38. The number of hydrogen-bond donors (Lipinski definition) is 1. The molecule has 1 aliphatic carbocycles. The van der Waals surface area contributed by atoms with Gasteiger partial charge in [-0.3, -0.25) is 9.59 Å². The van der Waals surface area contributed by atoms with Gasteiger partial charge < -0.3 is 10.2 Å². The Morgan fingerprint density at radius 1 is 1.30 bits per heavy atom. The lowest BCUT2D eigenvalue weighted by molar-refractivity contribution is -0.138. The van der Waals surface area contributed by atoms with Gasteiger partial charge in [0.2, 0.25) is 5.91 Å². The van der Waals surface area contributed by atoms with Crippen molar-refractivity contribution in [1.82, 2.24) is 10.2 Å². The van der Waals surface area contributed by atoms with E-state index in [1.54, 1.807) is 6.07 Å². The number of carbonyl (C=O) groups is 2. The minimum absolute atomic E-state index is 0.0816. The zero-order valence-corrected chi connectivity index (χ0v) is 14.6. The van der Waals surface area contributed by atoms with Crippen LogP contribution in [-0.2, 0) is 4.79 Å². The maximum Gasteiger partial charge on any atom is 0.252 e. The lowest BCUT2D eigenvalue weighted by Gasteiger charge is -2.47. The third-order valence-electron chi connectivity index (χ3n) is 5.47. The Morgan fingerprint density at radius 2 is 2.13 bits per heavy atom. The fraction of sp³-hybridized carbons (Fsp3) is 0.667. The molecule has 0 spiro atoms. The Bertz CT molecular complexity index is 543. The average molecular weight is 334 g/mol. The normalized spacial score (nSPS) is 27.3. The molecule has 2 aliphatic rings. The summed E-state index contributed by atoms with van der Waals surface area (Å²) in [5, 5.41) is 6.57. The second-order valence-electron chi connectivity index (χ2n) is 6.89. The van der Waals surface area contributed by atoms with E-state index in [0.717, 1.165) is 25.3 Å². The van der Waals surface area contributed by atoms with E-state index in [-0.39, 0.29) is 11.8 Å². The van der Waals surface area contributed by atoms with Crippen LogP contribution >= 0.6 is 11.3 Å². The third-order valence-corrected chi connectivity index (χ3v) is 6.15. The van der Waals surface area contributed by atoms with Crippen LogP contribution in [0.4, 0.5) is 0 Å². The van der Waals surface area contributed by atoms with Gasteiger partial charge in [-0.15, -0.1) is 0 Å². The van der Waals surface area contributed by atoms with E-state index in [2.05, 4.69) is 17.1 Å². The summed E-state index contributed by atoms with van der Waals surface area (Å²) in [6.45, 7) is 3.66. The second kappa shape index (κ2) is 7.47. The summed E-state index contributed by atoms with van der Waals surface area (Å²) in [7, 11) is 0. The quantitative estimate of drug-likeness (QED) is 0.918. The van der Waals surface area contributed by atoms with Crippen molar-refractivity contribution in [3.8, 4) is 0 Å². The zero-order valence-electron chi connectivity index (χ0n) is 13.8. The highest BCUT2D eigenvalue weighted by Crippen LogP contribution is 2.38. The van der Waals surface area contributed by atoms with Crippen LogP contribution in [0, 0.1) is 11.8 Å². The largest absolute Gasteiger partial charge is 0.351 e. The number of rotatable bonds is 4. The Kier molecular flexibility index (Phi) is 5.36. The van der Waals surface area contributed by atoms with Crippen LogP contribution in [0.5, 0.6) is 0 Å². The van der Waals surface area contributed by atoms with E-state index in [4.69, 9.17) is 0 Å². The fourth-order valence-electron chi connectivity index (χ4n) is 4.15. The summed E-state index contributed by atoms with van der Waals surface area (Å²) < 4.78 is 0. The number of hydrogen-bond acceptors (Lipinski definition) is 3. The molecule has 0 radical (unpaired) electrons. The first kappa shape index (κ1) is 16.5. The molecule has 1 aromatic rings. The SMILES string of the molecule is C[C@@H]1CCN(C(=O)CCNC(=O)c2ccsc2)[C@@H]2CCCC[C@@H]12.